The van der Waals surface area contributed by atoms with Crippen LogP contribution in [0.5, 0.6) is 0 Å². The number of aromatic nitrogens is 4. The highest BCUT2D eigenvalue weighted by atomic mass is 32.1. The molecule has 2 aromatic rings. The second-order valence-electron chi connectivity index (χ2n) is 6.15. The minimum atomic E-state index is -0.473. The Morgan fingerprint density at radius 2 is 2.12 bits per heavy atom. The maximum atomic E-state index is 12.6. The van der Waals surface area contributed by atoms with Crippen LogP contribution < -0.4 is 5.32 Å². The molecule has 0 bridgehead atoms. The summed E-state index contributed by atoms with van der Waals surface area (Å²) in [6.45, 7) is 6.46. The Bertz CT molecular complexity index is 794. The van der Waals surface area contributed by atoms with Crippen LogP contribution in [-0.4, -0.2) is 32.1 Å². The van der Waals surface area contributed by atoms with Crippen LogP contribution in [-0.2, 0) is 22.7 Å². The van der Waals surface area contributed by atoms with Crippen molar-refractivity contribution in [1.29, 1.82) is 0 Å². The number of amides is 1. The molecule has 8 nitrogen and oxygen atoms in total. The summed E-state index contributed by atoms with van der Waals surface area (Å²) in [5.74, 6) is 0.0785. The molecular formula is C16H21N5O3S. The van der Waals surface area contributed by atoms with Gasteiger partial charge in [0.25, 0.3) is 0 Å². The maximum Gasteiger partial charge on any atom is 0.341 e. The zero-order valence-corrected chi connectivity index (χ0v) is 15.4. The predicted molar refractivity (Wildman–Crippen MR) is 92.4 cm³/mol. The Labute approximate surface area is 149 Å². The predicted octanol–water partition coefficient (Wildman–Crippen LogP) is 2.47. The molecule has 0 saturated heterocycles. The van der Waals surface area contributed by atoms with E-state index in [9.17, 15) is 9.59 Å². The molecule has 3 rings (SSSR count). The molecule has 0 spiro atoms. The third-order valence-corrected chi connectivity index (χ3v) is 5.27. The summed E-state index contributed by atoms with van der Waals surface area (Å²) < 4.78 is 7.02. The smallest absolute Gasteiger partial charge is 0.341 e. The number of hydrogen-bond acceptors (Lipinski definition) is 7. The number of anilines is 1. The van der Waals surface area contributed by atoms with Crippen LogP contribution in [0.4, 0.5) is 5.00 Å². The topological polar surface area (TPSA) is 99.0 Å². The van der Waals surface area contributed by atoms with Crippen LogP contribution in [0.25, 0.3) is 0 Å². The third kappa shape index (κ3) is 3.87. The van der Waals surface area contributed by atoms with Crippen LogP contribution in [0.2, 0.25) is 0 Å². The molecule has 1 aliphatic carbocycles. The van der Waals surface area contributed by atoms with Crippen LogP contribution in [0.1, 0.15) is 52.8 Å². The Morgan fingerprint density at radius 1 is 1.36 bits per heavy atom. The first-order valence-corrected chi connectivity index (χ1v) is 9.16. The largest absolute Gasteiger partial charge is 0.454 e. The van der Waals surface area contributed by atoms with E-state index in [0.29, 0.717) is 22.9 Å². The lowest BCUT2D eigenvalue weighted by Crippen LogP contribution is -2.16. The minimum Gasteiger partial charge on any atom is -0.454 e. The number of ether oxygens (including phenoxy) is 1. The Kier molecular flexibility index (Phi) is 5.12. The Hall–Kier alpha value is -2.29. The summed E-state index contributed by atoms with van der Waals surface area (Å²) in [5, 5.41) is 14.8. The number of thiophene rings is 1. The van der Waals surface area contributed by atoms with Crippen molar-refractivity contribution < 1.29 is 14.3 Å². The molecular weight excluding hydrogens is 342 g/mol. The highest BCUT2D eigenvalue weighted by Crippen LogP contribution is 2.36. The van der Waals surface area contributed by atoms with Gasteiger partial charge in [-0.15, -0.1) is 16.4 Å². The Balaban J connectivity index is 1.72. The fraction of sp³-hybridized carbons (Fsp3) is 0.562. The number of carbonyl (C=O) groups is 2. The van der Waals surface area contributed by atoms with E-state index in [1.54, 1.807) is 4.68 Å². The molecule has 0 unspecified atom stereocenters. The van der Waals surface area contributed by atoms with Crippen molar-refractivity contribution in [3.63, 3.8) is 0 Å². The van der Waals surface area contributed by atoms with E-state index < -0.39 is 5.97 Å². The van der Waals surface area contributed by atoms with E-state index in [-0.39, 0.29) is 18.4 Å². The molecule has 9 heteroatoms. The number of rotatable bonds is 7. The van der Waals surface area contributed by atoms with Crippen molar-refractivity contribution in [3.8, 4) is 0 Å². The van der Waals surface area contributed by atoms with E-state index >= 15 is 0 Å². The second-order valence-corrected chi connectivity index (χ2v) is 7.37. The van der Waals surface area contributed by atoms with E-state index in [2.05, 4.69) is 20.8 Å². The minimum absolute atomic E-state index is 0.00379. The lowest BCUT2D eigenvalue weighted by atomic mass is 10.1. The van der Waals surface area contributed by atoms with Crippen LogP contribution in [0.15, 0.2) is 0 Å². The SMILES string of the molecule is CCCn1nnnc1COC(=O)c1c(NC(=O)C2CC2)sc(C)c1C. The number of aryl methyl sites for hydroxylation is 2. The molecule has 1 aliphatic rings. The molecule has 2 aromatic heterocycles. The van der Waals surface area contributed by atoms with Crippen molar-refractivity contribution in [2.75, 3.05) is 5.32 Å². The van der Waals surface area contributed by atoms with Gasteiger partial charge in [-0.05, 0) is 49.1 Å². The van der Waals surface area contributed by atoms with Crippen LogP contribution >= 0.6 is 11.3 Å². The van der Waals surface area contributed by atoms with Gasteiger partial charge < -0.3 is 10.1 Å². The molecule has 25 heavy (non-hydrogen) atoms. The van der Waals surface area contributed by atoms with Crippen molar-refractivity contribution in [2.45, 2.75) is 53.2 Å². The fourth-order valence-electron chi connectivity index (χ4n) is 2.43. The van der Waals surface area contributed by atoms with Gasteiger partial charge in [0.2, 0.25) is 5.91 Å². The quantitative estimate of drug-likeness (QED) is 0.759. The van der Waals surface area contributed by atoms with Gasteiger partial charge in [0, 0.05) is 17.3 Å². The lowest BCUT2D eigenvalue weighted by Gasteiger charge is -2.08. The van der Waals surface area contributed by atoms with Gasteiger partial charge in [-0.1, -0.05) is 6.92 Å². The van der Waals surface area contributed by atoms with Crippen molar-refractivity contribution in [3.05, 3.63) is 21.8 Å². The van der Waals surface area contributed by atoms with E-state index in [4.69, 9.17) is 4.74 Å². The molecule has 0 radical (unpaired) electrons. The van der Waals surface area contributed by atoms with Crippen LogP contribution in [0, 0.1) is 19.8 Å². The van der Waals surface area contributed by atoms with E-state index in [1.807, 2.05) is 20.8 Å². The van der Waals surface area contributed by atoms with Gasteiger partial charge in [-0.25, -0.2) is 9.48 Å². The van der Waals surface area contributed by atoms with Crippen molar-refractivity contribution >= 4 is 28.2 Å². The van der Waals surface area contributed by atoms with Crippen LogP contribution in [0.3, 0.4) is 0 Å². The second kappa shape index (κ2) is 7.30. The molecule has 0 aliphatic heterocycles. The zero-order valence-electron chi connectivity index (χ0n) is 14.5. The molecule has 1 amide bonds. The first-order chi connectivity index (χ1) is 12.0. The Morgan fingerprint density at radius 3 is 2.80 bits per heavy atom. The number of hydrogen-bond donors (Lipinski definition) is 1. The van der Waals surface area contributed by atoms with Gasteiger partial charge in [0.05, 0.1) is 5.56 Å². The number of nitrogens with zero attached hydrogens (tertiary/aromatic N) is 4. The monoisotopic (exact) mass is 363 g/mol. The third-order valence-electron chi connectivity index (χ3n) is 4.15. The maximum absolute atomic E-state index is 12.6. The van der Waals surface area contributed by atoms with E-state index in [1.165, 1.54) is 11.3 Å². The number of esters is 1. The summed E-state index contributed by atoms with van der Waals surface area (Å²) in [6, 6.07) is 0. The number of tetrazole rings is 1. The van der Waals surface area contributed by atoms with Gasteiger partial charge in [0.1, 0.15) is 5.00 Å². The summed E-state index contributed by atoms with van der Waals surface area (Å²) in [6.07, 6.45) is 2.70. The molecule has 0 aromatic carbocycles. The molecule has 1 N–H and O–H groups in total. The normalized spacial score (nSPS) is 13.7. The first-order valence-electron chi connectivity index (χ1n) is 8.34. The van der Waals surface area contributed by atoms with Crippen molar-refractivity contribution in [2.24, 2.45) is 5.92 Å². The number of carbonyl (C=O) groups excluding carboxylic acids is 2. The van der Waals surface area contributed by atoms with E-state index in [0.717, 1.165) is 29.7 Å². The van der Waals surface area contributed by atoms with Gasteiger partial charge in [-0.2, -0.15) is 0 Å². The summed E-state index contributed by atoms with van der Waals surface area (Å²) in [4.78, 5) is 25.6. The zero-order chi connectivity index (χ0) is 18.0. The standard InChI is InChI=1S/C16H21N5O3S/c1-4-7-21-12(18-19-20-21)8-24-16(23)13-9(2)10(3)25-15(13)17-14(22)11-5-6-11/h11H,4-8H2,1-3H3,(H,17,22). The average molecular weight is 363 g/mol. The highest BCUT2D eigenvalue weighted by Gasteiger charge is 2.31. The first kappa shape index (κ1) is 17.5. The molecule has 1 saturated carbocycles. The molecule has 1 fully saturated rings. The fourth-order valence-corrected chi connectivity index (χ4v) is 3.49. The highest BCUT2D eigenvalue weighted by molar-refractivity contribution is 7.16. The summed E-state index contributed by atoms with van der Waals surface area (Å²) >= 11 is 1.40. The van der Waals surface area contributed by atoms with Gasteiger partial charge >= 0.3 is 5.97 Å². The molecule has 0 atom stereocenters. The average Bonchev–Trinajstić information content (AvgIpc) is 3.28. The molecule has 2 heterocycles. The van der Waals surface area contributed by atoms with Gasteiger partial charge in [0.15, 0.2) is 12.4 Å². The molecule has 134 valence electrons. The lowest BCUT2D eigenvalue weighted by molar-refractivity contribution is -0.117. The number of nitrogens with one attached hydrogen (secondary N) is 1. The summed E-state index contributed by atoms with van der Waals surface area (Å²) in [5.41, 5.74) is 1.25. The van der Waals surface area contributed by atoms with Crippen molar-refractivity contribution in [1.82, 2.24) is 20.2 Å². The van der Waals surface area contributed by atoms with Gasteiger partial charge in [-0.3, -0.25) is 4.79 Å². The summed E-state index contributed by atoms with van der Waals surface area (Å²) in [7, 11) is 0.